The van der Waals surface area contributed by atoms with E-state index in [4.69, 9.17) is 0 Å². The zero-order chi connectivity index (χ0) is 30.3. The van der Waals surface area contributed by atoms with Crippen LogP contribution in [0.5, 0.6) is 0 Å². The maximum atomic E-state index is 10.1. The maximum absolute atomic E-state index is 10.1. The first-order valence-electron chi connectivity index (χ1n) is 14.4. The van der Waals surface area contributed by atoms with Crippen LogP contribution in [0.2, 0.25) is 0 Å². The van der Waals surface area contributed by atoms with Crippen molar-refractivity contribution in [2.75, 3.05) is 4.90 Å². The molecule has 4 heteroatoms. The number of rotatable bonds is 7. The second-order valence-electron chi connectivity index (χ2n) is 10.4. The van der Waals surface area contributed by atoms with Gasteiger partial charge in [0.25, 0.3) is 0 Å². The van der Waals surface area contributed by atoms with Crippen LogP contribution >= 0.6 is 0 Å². The standard InChI is InChI=1S/C40H29N4/c1-43-26-24-33(25-27-43)31-14-18-35(19-15-31)40(29-42)39(28-41)34-16-12-30(13-17-34)32-20-22-38(23-21-32)44(36-8-4-2-5-9-36)37-10-6-3-7-11-37/h2-27H,1H3/q+1. The Bertz CT molecular complexity index is 1940. The van der Waals surface area contributed by atoms with Gasteiger partial charge in [0, 0.05) is 29.2 Å². The fourth-order valence-corrected chi connectivity index (χ4v) is 5.29. The van der Waals surface area contributed by atoms with Crippen LogP contribution in [-0.4, -0.2) is 0 Å². The summed E-state index contributed by atoms with van der Waals surface area (Å²) in [4.78, 5) is 2.23. The van der Waals surface area contributed by atoms with E-state index in [1.807, 2.05) is 109 Å². The molecule has 0 saturated heterocycles. The highest BCUT2D eigenvalue weighted by Crippen LogP contribution is 2.36. The van der Waals surface area contributed by atoms with Crippen LogP contribution in [0.3, 0.4) is 0 Å². The van der Waals surface area contributed by atoms with Crippen molar-refractivity contribution in [2.24, 2.45) is 7.05 Å². The highest BCUT2D eigenvalue weighted by Gasteiger charge is 2.14. The molecule has 44 heavy (non-hydrogen) atoms. The Morgan fingerprint density at radius 3 is 1.18 bits per heavy atom. The monoisotopic (exact) mass is 565 g/mol. The lowest BCUT2D eigenvalue weighted by Crippen LogP contribution is -2.25. The van der Waals surface area contributed by atoms with E-state index in [1.54, 1.807) is 0 Å². The molecule has 4 nitrogen and oxygen atoms in total. The van der Waals surface area contributed by atoms with E-state index in [0.29, 0.717) is 16.7 Å². The number of allylic oxidation sites excluding steroid dienone is 2. The maximum Gasteiger partial charge on any atom is 0.169 e. The minimum Gasteiger partial charge on any atom is -0.311 e. The van der Waals surface area contributed by atoms with E-state index < -0.39 is 0 Å². The Labute approximate surface area is 258 Å². The van der Waals surface area contributed by atoms with E-state index in [9.17, 15) is 10.5 Å². The van der Waals surface area contributed by atoms with Gasteiger partial charge < -0.3 is 4.90 Å². The van der Waals surface area contributed by atoms with Gasteiger partial charge in [-0.25, -0.2) is 4.57 Å². The Hall–Kier alpha value is -6.23. The fraction of sp³-hybridized carbons (Fsp3) is 0.0250. The predicted octanol–water partition coefficient (Wildman–Crippen LogP) is 9.27. The molecule has 0 N–H and O–H groups in total. The van der Waals surface area contributed by atoms with Gasteiger partial charge in [0.05, 0.1) is 11.1 Å². The molecule has 5 aromatic carbocycles. The summed E-state index contributed by atoms with van der Waals surface area (Å²) in [5.41, 5.74) is 9.62. The summed E-state index contributed by atoms with van der Waals surface area (Å²) in [6.07, 6.45) is 4.00. The molecule has 1 heterocycles. The molecule has 1 aromatic heterocycles. The van der Waals surface area contributed by atoms with Gasteiger partial charge in [0.1, 0.15) is 19.2 Å². The van der Waals surface area contributed by atoms with E-state index in [0.717, 1.165) is 44.9 Å². The Kier molecular flexibility index (Phi) is 8.08. The number of nitrogens with zero attached hydrogens (tertiary/aromatic N) is 4. The number of hydrogen-bond donors (Lipinski definition) is 0. The molecule has 0 bridgehead atoms. The van der Waals surface area contributed by atoms with Crippen molar-refractivity contribution in [2.45, 2.75) is 0 Å². The molecule has 0 aliphatic rings. The highest BCUT2D eigenvalue weighted by atomic mass is 15.1. The summed E-state index contributed by atoms with van der Waals surface area (Å²) in [5, 5.41) is 20.2. The van der Waals surface area contributed by atoms with Gasteiger partial charge in [-0.1, -0.05) is 97.1 Å². The van der Waals surface area contributed by atoms with Gasteiger partial charge in [-0.2, -0.15) is 10.5 Å². The van der Waals surface area contributed by atoms with Crippen LogP contribution < -0.4 is 9.47 Å². The number of aromatic nitrogens is 1. The molecule has 208 valence electrons. The molecule has 0 atom stereocenters. The van der Waals surface area contributed by atoms with E-state index >= 15 is 0 Å². The lowest BCUT2D eigenvalue weighted by molar-refractivity contribution is -0.671. The highest BCUT2D eigenvalue weighted by molar-refractivity contribution is 6.03. The molecule has 0 unspecified atom stereocenters. The van der Waals surface area contributed by atoms with Crippen molar-refractivity contribution in [1.82, 2.24) is 0 Å². The van der Waals surface area contributed by atoms with Crippen LogP contribution in [0.15, 0.2) is 158 Å². The average molecular weight is 566 g/mol. The number of anilines is 3. The van der Waals surface area contributed by atoms with E-state index in [2.05, 4.69) is 77.7 Å². The fourth-order valence-electron chi connectivity index (χ4n) is 5.29. The summed E-state index contributed by atoms with van der Waals surface area (Å²) in [7, 11) is 1.98. The molecule has 0 spiro atoms. The van der Waals surface area contributed by atoms with Crippen LogP contribution in [-0.2, 0) is 7.05 Å². The summed E-state index contributed by atoms with van der Waals surface area (Å²) in [5.74, 6) is 0. The van der Waals surface area contributed by atoms with Crippen molar-refractivity contribution in [1.29, 1.82) is 10.5 Å². The number of nitriles is 2. The summed E-state index contributed by atoms with van der Waals surface area (Å²) in [6.45, 7) is 0. The smallest absolute Gasteiger partial charge is 0.169 e. The second-order valence-corrected chi connectivity index (χ2v) is 10.4. The number of para-hydroxylation sites is 2. The molecule has 6 aromatic rings. The van der Waals surface area contributed by atoms with Crippen molar-refractivity contribution < 1.29 is 4.57 Å². The molecule has 0 radical (unpaired) electrons. The first kappa shape index (κ1) is 27.9. The number of benzene rings is 5. The third-order valence-electron chi connectivity index (χ3n) is 7.62. The number of pyridine rings is 1. The summed E-state index contributed by atoms with van der Waals surface area (Å²) < 4.78 is 1.99. The topological polar surface area (TPSA) is 54.7 Å². The summed E-state index contributed by atoms with van der Waals surface area (Å²) >= 11 is 0. The number of aryl methyl sites for hydroxylation is 1. The van der Waals surface area contributed by atoms with Crippen LogP contribution in [0.1, 0.15) is 11.1 Å². The van der Waals surface area contributed by atoms with E-state index in [-0.39, 0.29) is 0 Å². The zero-order valence-corrected chi connectivity index (χ0v) is 24.3. The van der Waals surface area contributed by atoms with Gasteiger partial charge >= 0.3 is 0 Å². The Balaban J connectivity index is 1.27. The lowest BCUT2D eigenvalue weighted by Gasteiger charge is -2.25. The molecular formula is C40H29N4+. The number of hydrogen-bond acceptors (Lipinski definition) is 3. The van der Waals surface area contributed by atoms with Gasteiger partial charge in [-0.3, -0.25) is 0 Å². The minimum absolute atomic E-state index is 0.357. The predicted molar refractivity (Wildman–Crippen MR) is 178 cm³/mol. The van der Waals surface area contributed by atoms with Crippen LogP contribution in [0, 0.1) is 22.7 Å². The first-order chi connectivity index (χ1) is 21.6. The molecule has 0 aliphatic heterocycles. The third-order valence-corrected chi connectivity index (χ3v) is 7.62. The van der Waals surface area contributed by atoms with Crippen molar-refractivity contribution in [3.05, 3.63) is 169 Å². The lowest BCUT2D eigenvalue weighted by atomic mass is 9.93. The third kappa shape index (κ3) is 5.88. The van der Waals surface area contributed by atoms with Crippen molar-refractivity contribution in [3.63, 3.8) is 0 Å². The Morgan fingerprint density at radius 1 is 0.455 bits per heavy atom. The molecule has 0 amide bonds. The zero-order valence-electron chi connectivity index (χ0n) is 24.3. The van der Waals surface area contributed by atoms with Gasteiger partial charge in [0.15, 0.2) is 12.4 Å². The molecule has 0 saturated carbocycles. The quantitative estimate of drug-likeness (QED) is 0.110. The van der Waals surface area contributed by atoms with Crippen LogP contribution in [0.25, 0.3) is 33.4 Å². The normalized spacial score (nSPS) is 11.2. The summed E-state index contributed by atoms with van der Waals surface area (Å²) in [6, 6.07) is 53.4. The average Bonchev–Trinajstić information content (AvgIpc) is 3.09. The van der Waals surface area contributed by atoms with E-state index in [1.165, 1.54) is 0 Å². The molecule has 6 rings (SSSR count). The molecular weight excluding hydrogens is 536 g/mol. The van der Waals surface area contributed by atoms with Gasteiger partial charge in [-0.05, 0) is 69.8 Å². The Morgan fingerprint density at radius 2 is 0.795 bits per heavy atom. The molecule has 0 fully saturated rings. The van der Waals surface area contributed by atoms with Crippen molar-refractivity contribution >= 4 is 28.2 Å². The second kappa shape index (κ2) is 12.7. The molecule has 0 aliphatic carbocycles. The SMILES string of the molecule is C[n+]1ccc(-c2ccc(/C(C#N)=C(\C#N)c3ccc(-c4ccc(N(c5ccccc5)c5ccccc5)cc4)cc3)cc2)cc1. The minimum atomic E-state index is 0.357. The first-order valence-corrected chi connectivity index (χ1v) is 14.4. The van der Waals surface area contributed by atoms with Crippen molar-refractivity contribution in [3.8, 4) is 34.4 Å². The van der Waals surface area contributed by atoms with Crippen LogP contribution in [0.4, 0.5) is 17.1 Å². The largest absolute Gasteiger partial charge is 0.311 e. The van der Waals surface area contributed by atoms with Gasteiger partial charge in [-0.15, -0.1) is 0 Å². The van der Waals surface area contributed by atoms with Gasteiger partial charge in [0.2, 0.25) is 0 Å².